The van der Waals surface area contributed by atoms with Gasteiger partial charge in [0, 0.05) is 0 Å². The Kier molecular flexibility index (Phi) is 0.983. The first kappa shape index (κ1) is 5.52. The minimum Gasteiger partial charge on any atom is -0.367 e. The maximum Gasteiger partial charge on any atom is 0.271 e. The zero-order valence-corrected chi connectivity index (χ0v) is 4.84. The Balaban J connectivity index is 2.84. The molecule has 0 saturated heterocycles. The van der Waals surface area contributed by atoms with E-state index in [1.165, 1.54) is 0 Å². The summed E-state index contributed by atoms with van der Waals surface area (Å²) in [5, 5.41) is 5.51. The van der Waals surface area contributed by atoms with Crippen LogP contribution in [0.25, 0.3) is 0 Å². The second-order valence-corrected chi connectivity index (χ2v) is 2.02. The van der Waals surface area contributed by atoms with Crippen LogP contribution in [0.3, 0.4) is 0 Å². The average Bonchev–Trinajstić information content (AvgIpc) is 1.82. The van der Waals surface area contributed by atoms with Crippen LogP contribution in [0.1, 0.15) is 0 Å². The molecule has 8 heavy (non-hydrogen) atoms. The lowest BCUT2D eigenvalue weighted by molar-refractivity contribution is 0.686. The molecule has 1 rings (SSSR count). The summed E-state index contributed by atoms with van der Waals surface area (Å²) in [7, 11) is 0. The van der Waals surface area contributed by atoms with Crippen LogP contribution in [0.15, 0.2) is 15.2 Å². The summed E-state index contributed by atoms with van der Waals surface area (Å²) in [4.78, 5) is 3.52. The molecule has 1 heterocycles. The third-order valence-corrected chi connectivity index (χ3v) is 0.768. The number of rotatable bonds is 0. The highest BCUT2D eigenvalue weighted by atomic mass is 32.1. The molecule has 4 N–H and O–H groups in total. The van der Waals surface area contributed by atoms with E-state index >= 15 is 0 Å². The third kappa shape index (κ3) is 0.958. The summed E-state index contributed by atoms with van der Waals surface area (Å²) in [6.07, 6.45) is 0. The molecule has 0 fully saturated rings. The van der Waals surface area contributed by atoms with Crippen LogP contribution in [0.4, 0.5) is 0 Å². The highest BCUT2D eigenvalue weighted by molar-refractivity contribution is 7.81. The van der Waals surface area contributed by atoms with Crippen molar-refractivity contribution in [2.75, 3.05) is 0 Å². The van der Waals surface area contributed by atoms with Crippen molar-refractivity contribution in [1.29, 1.82) is 0 Å². The van der Waals surface area contributed by atoms with E-state index in [4.69, 9.17) is 11.5 Å². The molecule has 0 aliphatic carbocycles. The van der Waals surface area contributed by atoms with Gasteiger partial charge < -0.3 is 5.73 Å². The molecule has 0 aromatic rings. The molecule has 0 aromatic carbocycles. The Morgan fingerprint density at radius 3 is 2.38 bits per heavy atom. The van der Waals surface area contributed by atoms with Crippen molar-refractivity contribution in [3.63, 3.8) is 0 Å². The fraction of sp³-hybridized carbons (Fsp3) is 0.500. The Morgan fingerprint density at radius 1 is 1.62 bits per heavy atom. The molecule has 0 aromatic heterocycles. The smallest absolute Gasteiger partial charge is 0.271 e. The molecule has 5 nitrogen and oxygen atoms in total. The van der Waals surface area contributed by atoms with Gasteiger partial charge in [-0.25, -0.2) is 0 Å². The lowest BCUT2D eigenvalue weighted by Crippen LogP contribution is -2.26. The standard InChI is InChI=1S/C2H5N5S/c3-1-5-2(4,8)7-6-1/h8H,4H2,(H2,3,5). The van der Waals surface area contributed by atoms with Crippen molar-refractivity contribution in [2.45, 2.75) is 5.12 Å². The number of hydrogen-bond donors (Lipinski definition) is 3. The molecule has 0 amide bonds. The zero-order valence-electron chi connectivity index (χ0n) is 3.94. The van der Waals surface area contributed by atoms with Crippen LogP contribution in [0.2, 0.25) is 0 Å². The van der Waals surface area contributed by atoms with Crippen molar-refractivity contribution >= 4 is 18.6 Å². The van der Waals surface area contributed by atoms with Crippen LogP contribution in [0, 0.1) is 0 Å². The minimum atomic E-state index is -1.22. The van der Waals surface area contributed by atoms with E-state index in [-0.39, 0.29) is 5.96 Å². The molecule has 0 spiro atoms. The van der Waals surface area contributed by atoms with Crippen LogP contribution in [0.5, 0.6) is 0 Å². The zero-order chi connectivity index (χ0) is 6.20. The number of thiol groups is 1. The molecule has 0 bridgehead atoms. The summed E-state index contributed by atoms with van der Waals surface area (Å²) in [6, 6.07) is 0. The van der Waals surface area contributed by atoms with Crippen LogP contribution in [-0.2, 0) is 0 Å². The van der Waals surface area contributed by atoms with E-state index in [9.17, 15) is 0 Å². The topological polar surface area (TPSA) is 89.1 Å². The molecule has 1 unspecified atom stereocenters. The number of guanidine groups is 1. The van der Waals surface area contributed by atoms with Crippen molar-refractivity contribution in [3.8, 4) is 0 Å². The van der Waals surface area contributed by atoms with Gasteiger partial charge in [0.05, 0.1) is 0 Å². The van der Waals surface area contributed by atoms with Gasteiger partial charge in [-0.1, -0.05) is 0 Å². The normalized spacial score (nSPS) is 35.5. The number of azo groups is 1. The summed E-state index contributed by atoms with van der Waals surface area (Å²) < 4.78 is 0. The van der Waals surface area contributed by atoms with Crippen LogP contribution >= 0.6 is 12.6 Å². The van der Waals surface area contributed by atoms with Crippen molar-refractivity contribution in [3.05, 3.63) is 0 Å². The van der Waals surface area contributed by atoms with Crippen LogP contribution < -0.4 is 11.5 Å². The average molecular weight is 131 g/mol. The third-order valence-electron chi connectivity index (χ3n) is 0.579. The maximum absolute atomic E-state index is 5.20. The lowest BCUT2D eigenvalue weighted by Gasteiger charge is -2.02. The quantitative estimate of drug-likeness (QED) is 0.299. The first-order valence-electron chi connectivity index (χ1n) is 1.90. The Morgan fingerprint density at radius 2 is 2.25 bits per heavy atom. The SMILES string of the molecule is NC1=NC(N)(S)N=N1. The monoisotopic (exact) mass is 131 g/mol. The predicted octanol–water partition coefficient (Wildman–Crippen LogP) is -0.733. The van der Waals surface area contributed by atoms with Crippen molar-refractivity contribution < 1.29 is 0 Å². The van der Waals surface area contributed by atoms with Gasteiger partial charge in [-0.05, 0) is 0 Å². The molecule has 1 aliphatic heterocycles. The predicted molar refractivity (Wildman–Crippen MR) is 32.4 cm³/mol. The Labute approximate surface area is 51.3 Å². The molecule has 6 heteroatoms. The second kappa shape index (κ2) is 1.43. The van der Waals surface area contributed by atoms with Crippen molar-refractivity contribution in [2.24, 2.45) is 26.7 Å². The fourth-order valence-corrected chi connectivity index (χ4v) is 0.485. The molecular formula is C2H5N5S. The highest BCUT2D eigenvalue weighted by Crippen LogP contribution is 2.14. The van der Waals surface area contributed by atoms with Crippen LogP contribution in [-0.4, -0.2) is 11.1 Å². The number of nitrogens with two attached hydrogens (primary N) is 2. The highest BCUT2D eigenvalue weighted by Gasteiger charge is 2.21. The van der Waals surface area contributed by atoms with E-state index in [1.807, 2.05) is 0 Å². The van der Waals surface area contributed by atoms with E-state index in [0.717, 1.165) is 0 Å². The van der Waals surface area contributed by atoms with Crippen molar-refractivity contribution in [1.82, 2.24) is 0 Å². The van der Waals surface area contributed by atoms with E-state index in [1.54, 1.807) is 0 Å². The molecule has 44 valence electrons. The molecule has 1 aliphatic rings. The lowest BCUT2D eigenvalue weighted by atomic mass is 10.9. The molecule has 1 atom stereocenters. The summed E-state index contributed by atoms with van der Waals surface area (Å²) >= 11 is 3.76. The van der Waals surface area contributed by atoms with Gasteiger partial charge in [-0.2, -0.15) is 4.99 Å². The Bertz CT molecular complexity index is 158. The van der Waals surface area contributed by atoms with Gasteiger partial charge in [0.15, 0.2) is 0 Å². The molecule has 0 saturated carbocycles. The van der Waals surface area contributed by atoms with Gasteiger partial charge >= 0.3 is 0 Å². The van der Waals surface area contributed by atoms with Gasteiger partial charge in [-0.3, -0.25) is 5.73 Å². The number of aliphatic imine (C=N–C) groups is 1. The summed E-state index contributed by atoms with van der Waals surface area (Å²) in [5.41, 5.74) is 10.3. The summed E-state index contributed by atoms with van der Waals surface area (Å²) in [5.74, 6) is 0.0718. The fourth-order valence-electron chi connectivity index (χ4n) is 0.338. The summed E-state index contributed by atoms with van der Waals surface area (Å²) in [6.45, 7) is 0. The maximum atomic E-state index is 5.20. The van der Waals surface area contributed by atoms with E-state index in [0.29, 0.717) is 0 Å². The first-order chi connectivity index (χ1) is 3.60. The largest absolute Gasteiger partial charge is 0.367 e. The number of hydrogen-bond acceptors (Lipinski definition) is 6. The minimum absolute atomic E-state index is 0.0718. The van der Waals surface area contributed by atoms with E-state index in [2.05, 4.69) is 27.8 Å². The van der Waals surface area contributed by atoms with Gasteiger partial charge in [0.25, 0.3) is 5.12 Å². The number of nitrogens with zero attached hydrogens (tertiary/aromatic N) is 3. The van der Waals surface area contributed by atoms with Gasteiger partial charge in [0.1, 0.15) is 0 Å². The first-order valence-corrected chi connectivity index (χ1v) is 2.34. The van der Waals surface area contributed by atoms with Gasteiger partial charge in [-0.15, -0.1) is 22.9 Å². The second-order valence-electron chi connectivity index (χ2n) is 1.36. The molecular weight excluding hydrogens is 126 g/mol. The van der Waals surface area contributed by atoms with E-state index < -0.39 is 5.12 Å². The molecule has 0 radical (unpaired) electrons. The van der Waals surface area contributed by atoms with Gasteiger partial charge in [0.2, 0.25) is 5.96 Å². The Hall–Kier alpha value is -0.620.